The number of carbonyl (C=O) groups excluding carboxylic acids is 1. The fourth-order valence-electron chi connectivity index (χ4n) is 1.66. The Hall–Kier alpha value is -1.88. The van der Waals surface area contributed by atoms with E-state index in [1.165, 1.54) is 0 Å². The van der Waals surface area contributed by atoms with Gasteiger partial charge in [0.25, 0.3) is 5.91 Å². The number of H-pyrrole nitrogens is 1. The van der Waals surface area contributed by atoms with Crippen LogP contribution in [0.2, 0.25) is 0 Å². The number of amides is 1. The van der Waals surface area contributed by atoms with E-state index >= 15 is 0 Å². The van der Waals surface area contributed by atoms with Crippen molar-refractivity contribution in [3.63, 3.8) is 0 Å². The zero-order valence-corrected chi connectivity index (χ0v) is 8.56. The van der Waals surface area contributed by atoms with Gasteiger partial charge in [-0.3, -0.25) is 4.79 Å². The Labute approximate surface area is 91.8 Å². The lowest BCUT2D eigenvalue weighted by Gasteiger charge is -2.26. The number of fused-ring (bicyclic) bond motifs is 1. The van der Waals surface area contributed by atoms with E-state index in [0.29, 0.717) is 18.8 Å². The number of hydrogen-bond donors (Lipinski definition) is 2. The summed E-state index contributed by atoms with van der Waals surface area (Å²) in [5, 5.41) is 2.89. The molecule has 0 unspecified atom stereocenters. The highest BCUT2D eigenvalue weighted by Crippen LogP contribution is 2.12. The molecule has 0 saturated carbocycles. The topological polar surface area (TPSA) is 67.0 Å². The zero-order chi connectivity index (χ0) is 11.0. The summed E-state index contributed by atoms with van der Waals surface area (Å²) in [4.78, 5) is 18.9. The molecule has 16 heavy (non-hydrogen) atoms. The molecular weight excluding hydrogens is 206 g/mol. The number of imidazole rings is 1. The molecule has 1 aromatic heterocycles. The molecule has 1 saturated heterocycles. The number of nitrogens with one attached hydrogen (secondary N) is 2. The molecule has 2 N–H and O–H groups in total. The van der Waals surface area contributed by atoms with Gasteiger partial charge in [0, 0.05) is 5.56 Å². The zero-order valence-electron chi connectivity index (χ0n) is 8.56. The lowest BCUT2D eigenvalue weighted by molar-refractivity contribution is -0.00346. The fourth-order valence-corrected chi connectivity index (χ4v) is 1.66. The maximum atomic E-state index is 11.8. The Bertz CT molecular complexity index is 531. The monoisotopic (exact) mass is 217 g/mol. The van der Waals surface area contributed by atoms with Crippen molar-refractivity contribution in [1.29, 1.82) is 0 Å². The average molecular weight is 217 g/mol. The van der Waals surface area contributed by atoms with Crippen molar-refractivity contribution in [2.75, 3.05) is 13.2 Å². The number of nitrogens with zero attached hydrogens (tertiary/aromatic N) is 1. The van der Waals surface area contributed by atoms with Crippen molar-refractivity contribution in [2.24, 2.45) is 0 Å². The molecule has 0 bridgehead atoms. The summed E-state index contributed by atoms with van der Waals surface area (Å²) in [6.45, 7) is 1.22. The van der Waals surface area contributed by atoms with Gasteiger partial charge in [-0.2, -0.15) is 0 Å². The lowest BCUT2D eigenvalue weighted by atomic mass is 10.1. The lowest BCUT2D eigenvalue weighted by Crippen LogP contribution is -2.48. The second-order valence-corrected chi connectivity index (χ2v) is 3.84. The van der Waals surface area contributed by atoms with Crippen molar-refractivity contribution in [2.45, 2.75) is 6.04 Å². The van der Waals surface area contributed by atoms with Gasteiger partial charge in [0.1, 0.15) is 0 Å². The maximum Gasteiger partial charge on any atom is 0.251 e. The molecular formula is C11H11N3O2. The van der Waals surface area contributed by atoms with Crippen molar-refractivity contribution < 1.29 is 9.53 Å². The van der Waals surface area contributed by atoms with Gasteiger partial charge in [-0.25, -0.2) is 4.98 Å². The molecule has 3 rings (SSSR count). The largest absolute Gasteiger partial charge is 0.377 e. The Morgan fingerprint density at radius 2 is 2.38 bits per heavy atom. The van der Waals surface area contributed by atoms with E-state index < -0.39 is 0 Å². The SMILES string of the molecule is O=C(NC1COC1)c1ccc2nc[nH]c2c1. The van der Waals surface area contributed by atoms with Crippen molar-refractivity contribution in [3.8, 4) is 0 Å². The molecule has 0 atom stereocenters. The van der Waals surface area contributed by atoms with Crippen LogP contribution in [0.25, 0.3) is 11.0 Å². The highest BCUT2D eigenvalue weighted by Gasteiger charge is 2.21. The minimum absolute atomic E-state index is 0.0650. The van der Waals surface area contributed by atoms with E-state index in [1.807, 2.05) is 6.07 Å². The van der Waals surface area contributed by atoms with Crippen LogP contribution in [0.5, 0.6) is 0 Å². The smallest absolute Gasteiger partial charge is 0.251 e. The molecule has 2 heterocycles. The van der Waals surface area contributed by atoms with Crippen LogP contribution >= 0.6 is 0 Å². The fraction of sp³-hybridized carbons (Fsp3) is 0.273. The van der Waals surface area contributed by atoms with E-state index in [4.69, 9.17) is 4.74 Å². The Kier molecular flexibility index (Phi) is 2.11. The van der Waals surface area contributed by atoms with Crippen LogP contribution in [0.1, 0.15) is 10.4 Å². The highest BCUT2D eigenvalue weighted by molar-refractivity contribution is 5.97. The number of aromatic nitrogens is 2. The van der Waals surface area contributed by atoms with Gasteiger partial charge < -0.3 is 15.0 Å². The van der Waals surface area contributed by atoms with Gasteiger partial charge >= 0.3 is 0 Å². The first-order valence-corrected chi connectivity index (χ1v) is 5.15. The highest BCUT2D eigenvalue weighted by atomic mass is 16.5. The van der Waals surface area contributed by atoms with Crippen LogP contribution < -0.4 is 5.32 Å². The molecule has 1 aliphatic heterocycles. The summed E-state index contributed by atoms with van der Waals surface area (Å²) in [5.74, 6) is -0.0650. The first kappa shape index (κ1) is 9.35. The van der Waals surface area contributed by atoms with Gasteiger partial charge in [0.05, 0.1) is 36.6 Å². The Morgan fingerprint density at radius 1 is 1.50 bits per heavy atom. The summed E-state index contributed by atoms with van der Waals surface area (Å²) in [5.41, 5.74) is 2.38. The summed E-state index contributed by atoms with van der Waals surface area (Å²) >= 11 is 0. The molecule has 82 valence electrons. The van der Waals surface area contributed by atoms with Crippen LogP contribution in [0.3, 0.4) is 0 Å². The first-order valence-electron chi connectivity index (χ1n) is 5.15. The third-order valence-electron chi connectivity index (χ3n) is 2.66. The molecule has 5 heteroatoms. The summed E-state index contributed by atoms with van der Waals surface area (Å²) in [6.07, 6.45) is 1.62. The van der Waals surface area contributed by atoms with E-state index in [9.17, 15) is 4.79 Å². The predicted octanol–water partition coefficient (Wildman–Crippen LogP) is 0.691. The van der Waals surface area contributed by atoms with Gasteiger partial charge in [-0.1, -0.05) is 0 Å². The summed E-state index contributed by atoms with van der Waals surface area (Å²) in [6, 6.07) is 5.57. The van der Waals surface area contributed by atoms with Crippen molar-refractivity contribution in [1.82, 2.24) is 15.3 Å². The van der Waals surface area contributed by atoms with Gasteiger partial charge in [0.2, 0.25) is 0 Å². The molecule has 1 aliphatic rings. The quantitative estimate of drug-likeness (QED) is 0.777. The molecule has 1 aromatic carbocycles. The first-order chi connectivity index (χ1) is 7.83. The van der Waals surface area contributed by atoms with E-state index in [0.717, 1.165) is 11.0 Å². The van der Waals surface area contributed by atoms with E-state index in [-0.39, 0.29) is 11.9 Å². The van der Waals surface area contributed by atoms with Gasteiger partial charge in [-0.05, 0) is 18.2 Å². The molecule has 1 fully saturated rings. The van der Waals surface area contributed by atoms with Crippen molar-refractivity contribution >= 4 is 16.9 Å². The second-order valence-electron chi connectivity index (χ2n) is 3.84. The molecule has 5 nitrogen and oxygen atoms in total. The van der Waals surface area contributed by atoms with Gasteiger partial charge in [0.15, 0.2) is 0 Å². The predicted molar refractivity (Wildman–Crippen MR) is 58.2 cm³/mol. The minimum atomic E-state index is -0.0650. The van der Waals surface area contributed by atoms with Crippen molar-refractivity contribution in [3.05, 3.63) is 30.1 Å². The molecule has 1 amide bonds. The van der Waals surface area contributed by atoms with Crippen LogP contribution in [-0.4, -0.2) is 35.1 Å². The third-order valence-corrected chi connectivity index (χ3v) is 2.66. The molecule has 2 aromatic rings. The number of rotatable bonds is 2. The van der Waals surface area contributed by atoms with E-state index in [2.05, 4.69) is 15.3 Å². The van der Waals surface area contributed by atoms with Crippen LogP contribution in [0.15, 0.2) is 24.5 Å². The molecule has 0 aliphatic carbocycles. The minimum Gasteiger partial charge on any atom is -0.377 e. The number of hydrogen-bond acceptors (Lipinski definition) is 3. The normalized spacial score (nSPS) is 16.0. The standard InChI is InChI=1S/C11H11N3O2/c15-11(14-8-4-16-5-8)7-1-2-9-10(3-7)13-6-12-9/h1-3,6,8H,4-5H2,(H,12,13)(H,14,15). The second kappa shape index (κ2) is 3.61. The number of benzene rings is 1. The summed E-state index contributed by atoms with van der Waals surface area (Å²) in [7, 11) is 0. The summed E-state index contributed by atoms with van der Waals surface area (Å²) < 4.78 is 5.00. The van der Waals surface area contributed by atoms with Gasteiger partial charge in [-0.15, -0.1) is 0 Å². The number of ether oxygens (including phenoxy) is 1. The number of aromatic amines is 1. The molecule has 0 radical (unpaired) electrons. The molecule has 0 spiro atoms. The maximum absolute atomic E-state index is 11.8. The van der Waals surface area contributed by atoms with Crippen LogP contribution in [0, 0.1) is 0 Å². The average Bonchev–Trinajstić information content (AvgIpc) is 2.69. The number of carbonyl (C=O) groups is 1. The Morgan fingerprint density at radius 3 is 3.12 bits per heavy atom. The third kappa shape index (κ3) is 1.55. The van der Waals surface area contributed by atoms with Crippen LogP contribution in [-0.2, 0) is 4.74 Å². The Balaban J connectivity index is 1.83. The van der Waals surface area contributed by atoms with Crippen LogP contribution in [0.4, 0.5) is 0 Å². The van der Waals surface area contributed by atoms with E-state index in [1.54, 1.807) is 18.5 Å².